The summed E-state index contributed by atoms with van der Waals surface area (Å²) in [5.41, 5.74) is 2.03. The summed E-state index contributed by atoms with van der Waals surface area (Å²) >= 11 is 0. The Labute approximate surface area is 167 Å². The molecule has 1 aliphatic rings. The van der Waals surface area contributed by atoms with E-state index in [0.717, 1.165) is 22.3 Å². The van der Waals surface area contributed by atoms with Crippen LogP contribution in [0.1, 0.15) is 15.9 Å². The second-order valence-electron chi connectivity index (χ2n) is 6.91. The van der Waals surface area contributed by atoms with Crippen molar-refractivity contribution < 1.29 is 14.8 Å². The number of pyridine rings is 1. The lowest BCUT2D eigenvalue weighted by Gasteiger charge is -2.36. The van der Waals surface area contributed by atoms with Gasteiger partial charge in [-0.1, -0.05) is 18.2 Å². The van der Waals surface area contributed by atoms with E-state index in [4.69, 9.17) is 4.98 Å². The highest BCUT2D eigenvalue weighted by molar-refractivity contribution is 5.94. The fourth-order valence-corrected chi connectivity index (χ4v) is 3.57. The SMILES string of the molecule is O=C(c1ccc([N+](=O)[O-])cc1)N1CCN(c2nc3ccccc3cc2CO)CC1. The van der Waals surface area contributed by atoms with E-state index < -0.39 is 4.92 Å². The van der Waals surface area contributed by atoms with E-state index in [9.17, 15) is 20.0 Å². The average Bonchev–Trinajstić information content (AvgIpc) is 2.77. The number of nitro benzene ring substituents is 1. The predicted octanol–water partition coefficient (Wildman–Crippen LogP) is 2.60. The van der Waals surface area contributed by atoms with Crippen molar-refractivity contribution in [1.82, 2.24) is 9.88 Å². The van der Waals surface area contributed by atoms with Crippen LogP contribution in [0.15, 0.2) is 54.6 Å². The van der Waals surface area contributed by atoms with Gasteiger partial charge in [0.25, 0.3) is 11.6 Å². The van der Waals surface area contributed by atoms with Gasteiger partial charge in [-0.25, -0.2) is 4.98 Å². The molecule has 0 unspecified atom stereocenters. The van der Waals surface area contributed by atoms with Crippen molar-refractivity contribution in [1.29, 1.82) is 0 Å². The molecule has 4 rings (SSSR count). The summed E-state index contributed by atoms with van der Waals surface area (Å²) in [5.74, 6) is 0.599. The lowest BCUT2D eigenvalue weighted by molar-refractivity contribution is -0.384. The minimum Gasteiger partial charge on any atom is -0.392 e. The van der Waals surface area contributed by atoms with E-state index in [1.165, 1.54) is 24.3 Å². The normalized spacial score (nSPS) is 14.2. The summed E-state index contributed by atoms with van der Waals surface area (Å²) in [7, 11) is 0. The molecule has 148 valence electrons. The third-order valence-electron chi connectivity index (χ3n) is 5.14. The molecular weight excluding hydrogens is 372 g/mol. The zero-order chi connectivity index (χ0) is 20.4. The minimum atomic E-state index is -0.484. The maximum atomic E-state index is 12.7. The summed E-state index contributed by atoms with van der Waals surface area (Å²) in [4.78, 5) is 31.5. The first-order valence-electron chi connectivity index (χ1n) is 9.35. The first-order chi connectivity index (χ1) is 14.1. The number of non-ortho nitro benzene ring substituents is 1. The summed E-state index contributed by atoms with van der Waals surface area (Å²) in [6.07, 6.45) is 0. The number of amides is 1. The lowest BCUT2D eigenvalue weighted by atomic mass is 10.1. The molecule has 0 saturated carbocycles. The van der Waals surface area contributed by atoms with Crippen LogP contribution < -0.4 is 4.90 Å². The van der Waals surface area contributed by atoms with Gasteiger partial charge >= 0.3 is 0 Å². The van der Waals surface area contributed by atoms with Crippen molar-refractivity contribution >= 4 is 28.3 Å². The molecule has 0 atom stereocenters. The van der Waals surface area contributed by atoms with Crippen LogP contribution in [0.25, 0.3) is 10.9 Å². The molecular formula is C21H20N4O4. The van der Waals surface area contributed by atoms with Crippen LogP contribution in [0.4, 0.5) is 11.5 Å². The zero-order valence-electron chi connectivity index (χ0n) is 15.7. The molecule has 0 spiro atoms. The number of anilines is 1. The van der Waals surface area contributed by atoms with Crippen LogP contribution >= 0.6 is 0 Å². The van der Waals surface area contributed by atoms with Crippen molar-refractivity contribution in [2.45, 2.75) is 6.61 Å². The number of carbonyl (C=O) groups excluding carboxylic acids is 1. The number of aromatic nitrogens is 1. The molecule has 2 heterocycles. The Kier molecular flexibility index (Phi) is 5.09. The fraction of sp³-hybridized carbons (Fsp3) is 0.238. The van der Waals surface area contributed by atoms with Crippen LogP contribution in [0.2, 0.25) is 0 Å². The van der Waals surface area contributed by atoms with E-state index in [-0.39, 0.29) is 18.2 Å². The van der Waals surface area contributed by atoms with Gasteiger partial charge in [0, 0.05) is 54.8 Å². The van der Waals surface area contributed by atoms with Gasteiger partial charge in [-0.2, -0.15) is 0 Å². The molecule has 8 nitrogen and oxygen atoms in total. The Morgan fingerprint density at radius 3 is 2.41 bits per heavy atom. The topological polar surface area (TPSA) is 99.8 Å². The van der Waals surface area contributed by atoms with Crippen LogP contribution in [0.5, 0.6) is 0 Å². The van der Waals surface area contributed by atoms with Crippen LogP contribution in [0, 0.1) is 10.1 Å². The van der Waals surface area contributed by atoms with Gasteiger partial charge in [0.2, 0.25) is 0 Å². The Hall–Kier alpha value is -3.52. The number of rotatable bonds is 4. The number of para-hydroxylation sites is 1. The standard InChI is InChI=1S/C21H20N4O4/c26-14-17-13-16-3-1-2-4-19(16)22-20(17)23-9-11-24(12-10-23)21(27)15-5-7-18(8-6-15)25(28)29/h1-8,13,26H,9-12,14H2. The highest BCUT2D eigenvalue weighted by Gasteiger charge is 2.24. The number of fused-ring (bicyclic) bond motifs is 1. The van der Waals surface area contributed by atoms with Crippen LogP contribution in [-0.2, 0) is 6.61 Å². The molecule has 0 radical (unpaired) electrons. The van der Waals surface area contributed by atoms with Crippen molar-refractivity contribution in [2.24, 2.45) is 0 Å². The molecule has 3 aromatic rings. The maximum absolute atomic E-state index is 12.7. The van der Waals surface area contributed by atoms with Gasteiger partial charge in [-0.15, -0.1) is 0 Å². The molecule has 0 aliphatic carbocycles. The third-order valence-corrected chi connectivity index (χ3v) is 5.14. The fourth-order valence-electron chi connectivity index (χ4n) is 3.57. The van der Waals surface area contributed by atoms with E-state index in [1.54, 1.807) is 4.90 Å². The summed E-state index contributed by atoms with van der Waals surface area (Å²) in [6, 6.07) is 15.4. The third kappa shape index (κ3) is 3.74. The largest absolute Gasteiger partial charge is 0.392 e. The number of nitrogens with zero attached hydrogens (tertiary/aromatic N) is 4. The molecule has 1 amide bonds. The smallest absolute Gasteiger partial charge is 0.269 e. The van der Waals surface area contributed by atoms with Gasteiger partial charge in [0.05, 0.1) is 17.0 Å². The Morgan fingerprint density at radius 1 is 1.07 bits per heavy atom. The number of aliphatic hydroxyl groups excluding tert-OH is 1. The van der Waals surface area contributed by atoms with Crippen LogP contribution in [-0.4, -0.2) is 52.0 Å². The Morgan fingerprint density at radius 2 is 1.76 bits per heavy atom. The van der Waals surface area contributed by atoms with Gasteiger partial charge in [0.15, 0.2) is 0 Å². The van der Waals surface area contributed by atoms with Crippen molar-refractivity contribution in [3.05, 3.63) is 75.8 Å². The predicted molar refractivity (Wildman–Crippen MR) is 109 cm³/mol. The number of benzene rings is 2. The highest BCUT2D eigenvalue weighted by atomic mass is 16.6. The summed E-state index contributed by atoms with van der Waals surface area (Å²) in [6.45, 7) is 2.10. The average molecular weight is 392 g/mol. The first-order valence-corrected chi connectivity index (χ1v) is 9.35. The van der Waals surface area contributed by atoms with Crippen molar-refractivity contribution in [2.75, 3.05) is 31.1 Å². The molecule has 29 heavy (non-hydrogen) atoms. The van der Waals surface area contributed by atoms with Gasteiger partial charge < -0.3 is 14.9 Å². The van der Waals surface area contributed by atoms with E-state index in [0.29, 0.717) is 31.7 Å². The number of carbonyl (C=O) groups is 1. The molecule has 8 heteroatoms. The Balaban J connectivity index is 1.48. The molecule has 2 aromatic carbocycles. The zero-order valence-corrected chi connectivity index (χ0v) is 15.7. The van der Waals surface area contributed by atoms with Gasteiger partial charge in [-0.3, -0.25) is 14.9 Å². The van der Waals surface area contributed by atoms with E-state index >= 15 is 0 Å². The van der Waals surface area contributed by atoms with Crippen molar-refractivity contribution in [3.63, 3.8) is 0 Å². The second-order valence-corrected chi connectivity index (χ2v) is 6.91. The first kappa shape index (κ1) is 18.8. The number of piperazine rings is 1. The molecule has 1 fully saturated rings. The van der Waals surface area contributed by atoms with Crippen LogP contribution in [0.3, 0.4) is 0 Å². The number of aliphatic hydroxyl groups is 1. The summed E-state index contributed by atoms with van der Waals surface area (Å²) < 4.78 is 0. The van der Waals surface area contributed by atoms with Gasteiger partial charge in [-0.05, 0) is 24.3 Å². The monoisotopic (exact) mass is 392 g/mol. The second kappa shape index (κ2) is 7.84. The number of hydrogen-bond acceptors (Lipinski definition) is 6. The molecule has 0 bridgehead atoms. The lowest BCUT2D eigenvalue weighted by Crippen LogP contribution is -2.49. The minimum absolute atomic E-state index is 0.0368. The maximum Gasteiger partial charge on any atom is 0.269 e. The van der Waals surface area contributed by atoms with E-state index in [2.05, 4.69) is 4.90 Å². The van der Waals surface area contributed by atoms with Crippen molar-refractivity contribution in [3.8, 4) is 0 Å². The summed E-state index contributed by atoms with van der Waals surface area (Å²) in [5, 5.41) is 21.5. The highest BCUT2D eigenvalue weighted by Crippen LogP contribution is 2.25. The Bertz CT molecular complexity index is 1060. The number of hydrogen-bond donors (Lipinski definition) is 1. The molecule has 1 N–H and O–H groups in total. The quantitative estimate of drug-likeness (QED) is 0.541. The van der Waals surface area contributed by atoms with Gasteiger partial charge in [0.1, 0.15) is 5.82 Å². The van der Waals surface area contributed by atoms with E-state index in [1.807, 2.05) is 30.3 Å². The molecule has 1 saturated heterocycles. The molecule has 1 aromatic heterocycles. The number of nitro groups is 1. The molecule has 1 aliphatic heterocycles.